The third-order valence-electron chi connectivity index (χ3n) is 0. The minimum atomic E-state index is 0. The van der Waals surface area contributed by atoms with Crippen LogP contribution in [-0.4, -0.2) is 0 Å². The van der Waals surface area contributed by atoms with Crippen molar-refractivity contribution in [3.8, 4) is 0 Å². The molecule has 0 aliphatic heterocycles. The van der Waals surface area contributed by atoms with Gasteiger partial charge >= 0.3 is 74.2 Å². The Kier molecular flexibility index (Phi) is 351. The zero-order valence-electron chi connectivity index (χ0n) is 2.14. The van der Waals surface area contributed by atoms with E-state index < -0.39 is 0 Å². The van der Waals surface area contributed by atoms with Crippen molar-refractivity contribution in [2.45, 2.75) is 0 Å². The van der Waals surface area contributed by atoms with Crippen LogP contribution < -0.4 is 0 Å². The Hall–Kier alpha value is 2.36. The van der Waals surface area contributed by atoms with Crippen molar-refractivity contribution in [3.63, 3.8) is 0 Å². The van der Waals surface area contributed by atoms with Gasteiger partial charge in [0.05, 0.1) is 0 Å². The van der Waals surface area contributed by atoms with Crippen LogP contribution >= 0.6 is 0 Å². The second-order valence-electron chi connectivity index (χ2n) is 0. The molecule has 0 spiro atoms. The topological polar surface area (TPSA) is 85.5 Å². The van der Waals surface area contributed by atoms with Crippen molar-refractivity contribution >= 4 is 0 Å². The Labute approximate surface area is 88.9 Å². The molecule has 0 aromatic carbocycles. The van der Waals surface area contributed by atoms with Gasteiger partial charge in [0.25, 0.3) is 0 Å². The second-order valence-corrected chi connectivity index (χ2v) is 0. The van der Waals surface area contributed by atoms with Crippen molar-refractivity contribution in [2.24, 2.45) is 0 Å². The van der Waals surface area contributed by atoms with Gasteiger partial charge in [-0.15, -0.1) is 0 Å². The molecule has 0 saturated heterocycles. The summed E-state index contributed by atoms with van der Waals surface area (Å²) < 4.78 is 0. The Morgan fingerprint density at radius 2 is 0.600 bits per heavy atom. The van der Waals surface area contributed by atoms with Gasteiger partial charge in [-0.25, -0.2) is 0 Å². The van der Waals surface area contributed by atoms with Gasteiger partial charge < -0.3 is 16.4 Å². The zero-order valence-corrected chi connectivity index (χ0v) is 7.90. The van der Waals surface area contributed by atoms with Crippen LogP contribution in [-0.2, 0) is 16.4 Å². The average Bonchev–Trinajstić information content (AvgIpc) is 0. The number of hydrogen-bond donors (Lipinski definition) is 0. The summed E-state index contributed by atoms with van der Waals surface area (Å²) in [5.41, 5.74) is 0. The minimum Gasteiger partial charge on any atom is -2.00 e. The third kappa shape index (κ3) is 21.7. The van der Waals surface area contributed by atoms with E-state index in [0.717, 1.165) is 0 Å². The quantitative estimate of drug-likeness (QED) is 0.574. The minimum absolute atomic E-state index is 0. The Morgan fingerprint density at radius 3 is 0.600 bits per heavy atom. The van der Waals surface area contributed by atoms with Crippen molar-refractivity contribution in [1.82, 2.24) is 0 Å². The van der Waals surface area contributed by atoms with Crippen molar-refractivity contribution < 1.29 is 90.6 Å². The van der Waals surface area contributed by atoms with Crippen LogP contribution in [0.4, 0.5) is 0 Å². The van der Waals surface area contributed by atoms with Crippen LogP contribution in [0.3, 0.4) is 0 Å². The van der Waals surface area contributed by atoms with Crippen molar-refractivity contribution in [2.75, 3.05) is 0 Å². The molecule has 0 unspecified atom stereocenters. The molecule has 0 aliphatic rings. The molecule has 0 aromatic rings. The van der Waals surface area contributed by atoms with Gasteiger partial charge in [-0.1, -0.05) is 0 Å². The summed E-state index contributed by atoms with van der Waals surface area (Å²) in [6, 6.07) is 0. The normalized spacial score (nSPS) is 0. The maximum absolute atomic E-state index is 0. The molecule has 5 heteroatoms. The van der Waals surface area contributed by atoms with E-state index in [-0.39, 0.29) is 90.6 Å². The summed E-state index contributed by atoms with van der Waals surface area (Å²) in [5, 5.41) is 0. The Balaban J connectivity index is 0. The first-order valence-corrected chi connectivity index (χ1v) is 0. The second kappa shape index (κ2) is 32.8. The van der Waals surface area contributed by atoms with Crippen LogP contribution in [0.15, 0.2) is 0 Å². The molecule has 0 aromatic heterocycles. The van der Waals surface area contributed by atoms with Gasteiger partial charge in [-0.2, -0.15) is 0 Å². The standard InChI is InChI=1S/La.3O.Tb/q+3;3*-2;+3. The molecule has 0 heterocycles. The van der Waals surface area contributed by atoms with E-state index >= 15 is 0 Å². The summed E-state index contributed by atoms with van der Waals surface area (Å²) in [4.78, 5) is 0. The molecule has 0 bridgehead atoms. The van der Waals surface area contributed by atoms with E-state index in [2.05, 4.69) is 0 Å². The van der Waals surface area contributed by atoms with Gasteiger partial charge in [-0.3, -0.25) is 0 Å². The van der Waals surface area contributed by atoms with Gasteiger partial charge in [0, 0.05) is 0 Å². The summed E-state index contributed by atoms with van der Waals surface area (Å²) in [7, 11) is 0. The van der Waals surface area contributed by atoms with Gasteiger partial charge in [0.2, 0.25) is 0 Å². The van der Waals surface area contributed by atoms with Crippen LogP contribution in [0.2, 0.25) is 0 Å². The van der Waals surface area contributed by atoms with Crippen LogP contribution in [0.1, 0.15) is 0 Å². The zero-order chi connectivity index (χ0) is 0. The molecule has 0 aliphatic carbocycles. The van der Waals surface area contributed by atoms with Gasteiger partial charge in [0.1, 0.15) is 0 Å². The molecular formula is LaO3Tb. The third-order valence-corrected chi connectivity index (χ3v) is 0. The maximum atomic E-state index is 0. The predicted octanol–water partition coefficient (Wildman–Crippen LogP) is -0.356. The molecule has 3 nitrogen and oxygen atoms in total. The number of hydrogen-bond acceptors (Lipinski definition) is 0. The molecule has 0 atom stereocenters. The molecule has 0 fully saturated rings. The predicted molar refractivity (Wildman–Crippen MR) is 2.06 cm³/mol. The van der Waals surface area contributed by atoms with E-state index in [1.165, 1.54) is 0 Å². The summed E-state index contributed by atoms with van der Waals surface area (Å²) >= 11 is 0. The fourth-order valence-corrected chi connectivity index (χ4v) is 0. The SMILES string of the molecule is [La+3].[O-2].[O-2].[O-2].[Tb+3]. The first-order valence-electron chi connectivity index (χ1n) is 0. The van der Waals surface area contributed by atoms with Gasteiger partial charge in [0.15, 0.2) is 0 Å². The van der Waals surface area contributed by atoms with Crippen LogP contribution in [0, 0.1) is 74.2 Å². The summed E-state index contributed by atoms with van der Waals surface area (Å²) in [5.74, 6) is 0. The first kappa shape index (κ1) is 53.4. The van der Waals surface area contributed by atoms with E-state index in [4.69, 9.17) is 0 Å². The fourth-order valence-electron chi connectivity index (χ4n) is 0. The maximum Gasteiger partial charge on any atom is 3.00 e. The monoisotopic (exact) mass is 346 g/mol. The van der Waals surface area contributed by atoms with Crippen LogP contribution in [0.5, 0.6) is 0 Å². The molecule has 0 amide bonds. The average molecular weight is 346 g/mol. The Morgan fingerprint density at radius 1 is 0.600 bits per heavy atom. The molecule has 30 valence electrons. The molecule has 0 N–H and O–H groups in total. The molecule has 0 rings (SSSR count). The number of rotatable bonds is 0. The first-order chi connectivity index (χ1) is 0. The van der Waals surface area contributed by atoms with E-state index in [9.17, 15) is 0 Å². The summed E-state index contributed by atoms with van der Waals surface area (Å²) in [6.45, 7) is 0. The van der Waals surface area contributed by atoms with E-state index in [1.54, 1.807) is 0 Å². The van der Waals surface area contributed by atoms with E-state index in [1.807, 2.05) is 0 Å². The smallest absolute Gasteiger partial charge is 2.00 e. The largest absolute Gasteiger partial charge is 3.00 e. The fraction of sp³-hybridized carbons (Fsp3) is 0. The molecule has 5 heavy (non-hydrogen) atoms. The molecular weight excluding hydrogens is 346 g/mol. The van der Waals surface area contributed by atoms with Gasteiger partial charge in [-0.05, 0) is 0 Å². The summed E-state index contributed by atoms with van der Waals surface area (Å²) in [6.07, 6.45) is 0. The van der Waals surface area contributed by atoms with E-state index in [0.29, 0.717) is 0 Å². The van der Waals surface area contributed by atoms with Crippen LogP contribution in [0.25, 0.3) is 0 Å². The molecule has 0 radical (unpaired) electrons. The van der Waals surface area contributed by atoms with Crippen molar-refractivity contribution in [3.05, 3.63) is 0 Å². The Bertz CT molecular complexity index is 6.85. The van der Waals surface area contributed by atoms with Crippen molar-refractivity contribution in [1.29, 1.82) is 0 Å². The molecule has 0 saturated carbocycles.